The fourth-order valence-corrected chi connectivity index (χ4v) is 2.97. The Morgan fingerprint density at radius 1 is 1.04 bits per heavy atom. The second-order valence-electron chi connectivity index (χ2n) is 5.66. The van der Waals surface area contributed by atoms with Gasteiger partial charge in [-0.15, -0.1) is 0 Å². The van der Waals surface area contributed by atoms with Crippen LogP contribution in [-0.2, 0) is 13.0 Å². The number of benzene rings is 2. The Bertz CT molecular complexity index is 824. The molecule has 2 aromatic carbocycles. The van der Waals surface area contributed by atoms with Crippen LogP contribution in [0, 0.1) is 0 Å². The van der Waals surface area contributed by atoms with Crippen LogP contribution in [0.3, 0.4) is 0 Å². The maximum absolute atomic E-state index is 12.7. The van der Waals surface area contributed by atoms with E-state index in [0.717, 1.165) is 18.5 Å². The van der Waals surface area contributed by atoms with E-state index >= 15 is 0 Å². The van der Waals surface area contributed by atoms with Crippen LogP contribution >= 0.6 is 0 Å². The van der Waals surface area contributed by atoms with E-state index in [2.05, 4.69) is 33.4 Å². The van der Waals surface area contributed by atoms with Gasteiger partial charge >= 0.3 is 0 Å². The summed E-state index contributed by atoms with van der Waals surface area (Å²) in [5, 5.41) is 6.66. The summed E-state index contributed by atoms with van der Waals surface area (Å²) >= 11 is 0. The molecule has 23 heavy (non-hydrogen) atoms. The molecule has 5 heteroatoms. The quantitative estimate of drug-likeness (QED) is 0.792. The zero-order valence-corrected chi connectivity index (χ0v) is 12.6. The molecule has 1 amide bonds. The van der Waals surface area contributed by atoms with Crippen molar-refractivity contribution in [3.05, 3.63) is 71.5 Å². The van der Waals surface area contributed by atoms with Gasteiger partial charge < -0.3 is 4.90 Å². The summed E-state index contributed by atoms with van der Waals surface area (Å²) in [6, 6.07) is 15.8. The molecule has 1 aliphatic rings. The molecule has 114 valence electrons. The number of hydrogen-bond donors (Lipinski definition) is 1. The van der Waals surface area contributed by atoms with Crippen molar-refractivity contribution < 1.29 is 4.79 Å². The predicted molar refractivity (Wildman–Crippen MR) is 86.7 cm³/mol. The summed E-state index contributed by atoms with van der Waals surface area (Å²) in [5.74, 6) is 0.777. The SMILES string of the molecule is O=C(c1ccc(-c2ncn[nH]2)cc1)N1CCc2ccccc2C1. The van der Waals surface area contributed by atoms with Crippen LogP contribution in [-0.4, -0.2) is 32.5 Å². The molecule has 0 saturated heterocycles. The van der Waals surface area contributed by atoms with Crippen molar-refractivity contribution in [2.75, 3.05) is 6.54 Å². The van der Waals surface area contributed by atoms with E-state index < -0.39 is 0 Å². The second-order valence-corrected chi connectivity index (χ2v) is 5.66. The lowest BCUT2D eigenvalue weighted by Gasteiger charge is -2.29. The van der Waals surface area contributed by atoms with Gasteiger partial charge in [0.05, 0.1) is 0 Å². The number of hydrogen-bond acceptors (Lipinski definition) is 3. The Kier molecular flexibility index (Phi) is 3.38. The summed E-state index contributed by atoms with van der Waals surface area (Å²) in [6.45, 7) is 1.44. The number of aromatic amines is 1. The number of rotatable bonds is 2. The number of H-pyrrole nitrogens is 1. The van der Waals surface area contributed by atoms with Crippen molar-refractivity contribution >= 4 is 5.91 Å². The van der Waals surface area contributed by atoms with Gasteiger partial charge in [-0.05, 0) is 29.7 Å². The van der Waals surface area contributed by atoms with E-state index in [1.54, 1.807) is 0 Å². The highest BCUT2D eigenvalue weighted by atomic mass is 16.2. The zero-order valence-electron chi connectivity index (χ0n) is 12.6. The third kappa shape index (κ3) is 2.61. The first-order valence-electron chi connectivity index (χ1n) is 7.63. The highest BCUT2D eigenvalue weighted by Crippen LogP contribution is 2.21. The van der Waals surface area contributed by atoms with E-state index in [-0.39, 0.29) is 5.91 Å². The summed E-state index contributed by atoms with van der Waals surface area (Å²) < 4.78 is 0. The summed E-state index contributed by atoms with van der Waals surface area (Å²) in [6.07, 6.45) is 2.39. The van der Waals surface area contributed by atoms with Gasteiger partial charge in [-0.1, -0.05) is 36.4 Å². The Hall–Kier alpha value is -2.95. The number of nitrogens with zero attached hydrogens (tertiary/aromatic N) is 3. The van der Waals surface area contributed by atoms with Crippen LogP contribution in [0.5, 0.6) is 0 Å². The molecular weight excluding hydrogens is 288 g/mol. The fourth-order valence-electron chi connectivity index (χ4n) is 2.97. The number of carbonyl (C=O) groups excluding carboxylic acids is 1. The minimum Gasteiger partial charge on any atom is -0.334 e. The molecule has 0 spiro atoms. The molecule has 1 aliphatic heterocycles. The molecule has 0 radical (unpaired) electrons. The van der Waals surface area contributed by atoms with Crippen LogP contribution in [0.15, 0.2) is 54.9 Å². The van der Waals surface area contributed by atoms with Gasteiger partial charge in [-0.2, -0.15) is 5.10 Å². The number of fused-ring (bicyclic) bond motifs is 1. The normalized spacial score (nSPS) is 13.7. The van der Waals surface area contributed by atoms with Crippen LogP contribution in [0.25, 0.3) is 11.4 Å². The third-order valence-electron chi connectivity index (χ3n) is 4.24. The molecule has 0 atom stereocenters. The van der Waals surface area contributed by atoms with Gasteiger partial charge in [0.25, 0.3) is 5.91 Å². The van der Waals surface area contributed by atoms with Gasteiger partial charge in [-0.25, -0.2) is 4.98 Å². The second kappa shape index (κ2) is 5.68. The van der Waals surface area contributed by atoms with E-state index in [0.29, 0.717) is 17.9 Å². The molecule has 0 aliphatic carbocycles. The average molecular weight is 304 g/mol. The van der Waals surface area contributed by atoms with E-state index in [1.165, 1.54) is 17.5 Å². The smallest absolute Gasteiger partial charge is 0.254 e. The van der Waals surface area contributed by atoms with Crippen LogP contribution in [0.4, 0.5) is 0 Å². The molecule has 1 N–H and O–H groups in total. The third-order valence-corrected chi connectivity index (χ3v) is 4.24. The molecule has 0 saturated carbocycles. The van der Waals surface area contributed by atoms with Crippen molar-refractivity contribution in [2.45, 2.75) is 13.0 Å². The fraction of sp³-hybridized carbons (Fsp3) is 0.167. The molecule has 0 bridgehead atoms. The Balaban J connectivity index is 1.53. The Morgan fingerprint density at radius 3 is 2.57 bits per heavy atom. The standard InChI is InChI=1S/C18H16N4O/c23-18(22-10-9-13-3-1-2-4-16(13)11-22)15-7-5-14(6-8-15)17-19-12-20-21-17/h1-8,12H,9-11H2,(H,19,20,21). The van der Waals surface area contributed by atoms with Gasteiger partial charge in [0.1, 0.15) is 6.33 Å². The lowest BCUT2D eigenvalue weighted by atomic mass is 9.99. The summed E-state index contributed by atoms with van der Waals surface area (Å²) in [5.41, 5.74) is 4.21. The van der Waals surface area contributed by atoms with E-state index in [9.17, 15) is 4.79 Å². The van der Waals surface area contributed by atoms with Crippen molar-refractivity contribution in [3.8, 4) is 11.4 Å². The maximum atomic E-state index is 12.7. The number of amides is 1. The Morgan fingerprint density at radius 2 is 1.83 bits per heavy atom. The first-order valence-corrected chi connectivity index (χ1v) is 7.63. The first kappa shape index (κ1) is 13.7. The van der Waals surface area contributed by atoms with E-state index in [1.807, 2.05) is 35.2 Å². The number of nitrogens with one attached hydrogen (secondary N) is 1. The largest absolute Gasteiger partial charge is 0.334 e. The highest BCUT2D eigenvalue weighted by Gasteiger charge is 2.21. The van der Waals surface area contributed by atoms with Crippen molar-refractivity contribution in [2.24, 2.45) is 0 Å². The van der Waals surface area contributed by atoms with Crippen LogP contribution in [0.2, 0.25) is 0 Å². The summed E-state index contributed by atoms with van der Waals surface area (Å²) in [4.78, 5) is 18.7. The topological polar surface area (TPSA) is 61.9 Å². The Labute approximate surface area is 134 Å². The lowest BCUT2D eigenvalue weighted by molar-refractivity contribution is 0.0735. The zero-order chi connectivity index (χ0) is 15.6. The van der Waals surface area contributed by atoms with Gasteiger partial charge in [0, 0.05) is 24.2 Å². The van der Waals surface area contributed by atoms with Crippen molar-refractivity contribution in [1.82, 2.24) is 20.1 Å². The molecule has 0 unspecified atom stereocenters. The van der Waals surface area contributed by atoms with Gasteiger partial charge in [-0.3, -0.25) is 9.89 Å². The average Bonchev–Trinajstić information content (AvgIpc) is 3.15. The summed E-state index contributed by atoms with van der Waals surface area (Å²) in [7, 11) is 0. The number of carbonyl (C=O) groups is 1. The first-order chi connectivity index (χ1) is 11.3. The minimum atomic E-state index is 0.0728. The van der Waals surface area contributed by atoms with Crippen LogP contribution in [0.1, 0.15) is 21.5 Å². The molecule has 0 fully saturated rings. The van der Waals surface area contributed by atoms with Crippen LogP contribution < -0.4 is 0 Å². The maximum Gasteiger partial charge on any atom is 0.254 e. The predicted octanol–water partition coefficient (Wildman–Crippen LogP) is 2.67. The molecule has 5 nitrogen and oxygen atoms in total. The lowest BCUT2D eigenvalue weighted by Crippen LogP contribution is -2.35. The van der Waals surface area contributed by atoms with Gasteiger partial charge in [0.2, 0.25) is 0 Å². The van der Waals surface area contributed by atoms with Gasteiger partial charge in [0.15, 0.2) is 5.82 Å². The molecule has 3 aromatic rings. The molecule has 2 heterocycles. The van der Waals surface area contributed by atoms with E-state index in [4.69, 9.17) is 0 Å². The monoisotopic (exact) mass is 304 g/mol. The highest BCUT2D eigenvalue weighted by molar-refractivity contribution is 5.94. The molecular formula is C18H16N4O. The molecule has 1 aromatic heterocycles. The van der Waals surface area contributed by atoms with Crippen molar-refractivity contribution in [1.29, 1.82) is 0 Å². The minimum absolute atomic E-state index is 0.0728. The number of aromatic nitrogens is 3. The molecule has 4 rings (SSSR count). The van der Waals surface area contributed by atoms with Crippen molar-refractivity contribution in [3.63, 3.8) is 0 Å².